The highest BCUT2D eigenvalue weighted by atomic mass is 16.2. The van der Waals surface area contributed by atoms with E-state index in [1.807, 2.05) is 32.9 Å². The zero-order chi connectivity index (χ0) is 23.6. The molecule has 0 N–H and O–H groups in total. The van der Waals surface area contributed by atoms with Gasteiger partial charge in [-0.25, -0.2) is 4.57 Å². The molecule has 32 heavy (non-hydrogen) atoms. The summed E-state index contributed by atoms with van der Waals surface area (Å²) < 4.78 is 2.39. The monoisotopic (exact) mass is 432 g/mol. The van der Waals surface area contributed by atoms with E-state index in [0.29, 0.717) is 18.5 Å². The Morgan fingerprint density at radius 3 is 1.44 bits per heavy atom. The smallest absolute Gasteiger partial charge is 0.266 e. The van der Waals surface area contributed by atoms with E-state index in [-0.39, 0.29) is 27.0 Å². The second-order valence-corrected chi connectivity index (χ2v) is 9.84. The standard InChI is InChI=1S/C26H28N2O4/c1-7-26(6,8-2)28-23(31)19-13-17-18(14-20(19)24(28)32)22(30)27(21(17)29)16-11-9-15(10-12-16)25(3,4)5/h9-14H,7-8H2,1-6H3. The fourth-order valence-corrected chi connectivity index (χ4v) is 4.38. The quantitative estimate of drug-likeness (QED) is 0.492. The van der Waals surface area contributed by atoms with Crippen molar-refractivity contribution < 1.29 is 0 Å². The van der Waals surface area contributed by atoms with E-state index < -0.39 is 27.8 Å². The van der Waals surface area contributed by atoms with Crippen molar-refractivity contribution in [2.45, 2.75) is 65.3 Å². The number of fused-ring (bicyclic) bond motifs is 2. The molecule has 0 spiro atoms. The van der Waals surface area contributed by atoms with E-state index in [1.54, 1.807) is 12.1 Å². The van der Waals surface area contributed by atoms with Gasteiger partial charge < -0.3 is 0 Å². The summed E-state index contributed by atoms with van der Waals surface area (Å²) in [6, 6.07) is 10.1. The second-order valence-electron chi connectivity index (χ2n) is 9.84. The van der Waals surface area contributed by atoms with Crippen molar-refractivity contribution in [3.8, 4) is 5.69 Å². The zero-order valence-corrected chi connectivity index (χ0v) is 19.4. The first-order valence-electron chi connectivity index (χ1n) is 11.0. The van der Waals surface area contributed by atoms with Gasteiger partial charge in [-0.3, -0.25) is 23.7 Å². The van der Waals surface area contributed by atoms with Gasteiger partial charge in [0.25, 0.3) is 22.2 Å². The van der Waals surface area contributed by atoms with Crippen molar-refractivity contribution in [2.24, 2.45) is 0 Å². The van der Waals surface area contributed by atoms with E-state index in [1.165, 1.54) is 16.7 Å². The molecular weight excluding hydrogens is 404 g/mol. The van der Waals surface area contributed by atoms with Crippen LogP contribution in [0.1, 0.15) is 59.9 Å². The van der Waals surface area contributed by atoms with E-state index in [2.05, 4.69) is 20.8 Å². The van der Waals surface area contributed by atoms with Gasteiger partial charge in [-0.1, -0.05) is 46.8 Å². The van der Waals surface area contributed by atoms with Crippen LogP contribution >= 0.6 is 0 Å². The van der Waals surface area contributed by atoms with Crippen molar-refractivity contribution >= 4 is 21.5 Å². The summed E-state index contributed by atoms with van der Waals surface area (Å²) in [4.78, 5) is 52.6. The first kappa shape index (κ1) is 21.9. The normalized spacial score (nSPS) is 12.8. The van der Waals surface area contributed by atoms with Crippen molar-refractivity contribution in [1.29, 1.82) is 0 Å². The number of hydrogen-bond acceptors (Lipinski definition) is 4. The van der Waals surface area contributed by atoms with Gasteiger partial charge in [-0.15, -0.1) is 0 Å². The summed E-state index contributed by atoms with van der Waals surface area (Å²) >= 11 is 0. The molecule has 166 valence electrons. The van der Waals surface area contributed by atoms with E-state index in [0.717, 1.165) is 10.1 Å². The van der Waals surface area contributed by atoms with Gasteiger partial charge in [0.2, 0.25) is 0 Å². The number of rotatable bonds is 4. The van der Waals surface area contributed by atoms with Gasteiger partial charge in [0.05, 0.1) is 27.2 Å². The van der Waals surface area contributed by atoms with Gasteiger partial charge in [0.15, 0.2) is 0 Å². The predicted octanol–water partition coefficient (Wildman–Crippen LogP) is 3.73. The van der Waals surface area contributed by atoms with Crippen LogP contribution in [0, 0.1) is 0 Å². The molecule has 0 aliphatic carbocycles. The van der Waals surface area contributed by atoms with Crippen molar-refractivity contribution in [3.05, 3.63) is 83.4 Å². The van der Waals surface area contributed by atoms with Crippen LogP contribution in [0.3, 0.4) is 0 Å². The first-order valence-corrected chi connectivity index (χ1v) is 11.0. The molecule has 0 atom stereocenters. The van der Waals surface area contributed by atoms with Crippen molar-refractivity contribution in [3.63, 3.8) is 0 Å². The molecule has 4 aromatic rings. The lowest BCUT2D eigenvalue weighted by molar-refractivity contribution is 0.282. The molecule has 0 saturated carbocycles. The third-order valence-corrected chi connectivity index (χ3v) is 6.95. The molecule has 0 bridgehead atoms. The summed E-state index contributed by atoms with van der Waals surface area (Å²) in [5, 5.41) is 0.693. The molecule has 0 aliphatic heterocycles. The minimum atomic E-state index is -0.619. The highest BCUT2D eigenvalue weighted by Gasteiger charge is 2.29. The summed E-state index contributed by atoms with van der Waals surface area (Å²) in [5.41, 5.74) is -0.908. The largest absolute Gasteiger partial charge is 0.269 e. The van der Waals surface area contributed by atoms with Gasteiger partial charge in [0, 0.05) is 5.54 Å². The Bertz CT molecular complexity index is 1470. The van der Waals surface area contributed by atoms with Crippen LogP contribution in [0.4, 0.5) is 0 Å². The lowest BCUT2D eigenvalue weighted by Crippen LogP contribution is -2.42. The SMILES string of the molecule is CCC(C)(CC)n1c(=O)c2cc3c(=O)n(-c4ccc(C(C)(C)C)cc4)c(=O)c3cc2c1=O. The molecule has 2 aromatic carbocycles. The second kappa shape index (κ2) is 7.12. The maximum absolute atomic E-state index is 13.2. The maximum atomic E-state index is 13.2. The van der Waals surface area contributed by atoms with Crippen molar-refractivity contribution in [1.82, 2.24) is 9.13 Å². The van der Waals surface area contributed by atoms with Crippen LogP contribution in [0.2, 0.25) is 0 Å². The minimum Gasteiger partial charge on any atom is -0.269 e. The Morgan fingerprint density at radius 2 is 1.06 bits per heavy atom. The third-order valence-electron chi connectivity index (χ3n) is 6.95. The number of aromatic nitrogens is 2. The topological polar surface area (TPSA) is 78.1 Å². The van der Waals surface area contributed by atoms with Crippen molar-refractivity contribution in [2.75, 3.05) is 0 Å². The Labute approximate surface area is 185 Å². The molecule has 0 aliphatic rings. The van der Waals surface area contributed by atoms with Crippen LogP contribution in [0.5, 0.6) is 0 Å². The summed E-state index contributed by atoms with van der Waals surface area (Å²) in [6.45, 7) is 12.0. The average molecular weight is 433 g/mol. The lowest BCUT2D eigenvalue weighted by atomic mass is 9.87. The lowest BCUT2D eigenvalue weighted by Gasteiger charge is -2.27. The van der Waals surface area contributed by atoms with Crippen LogP contribution in [0.15, 0.2) is 55.6 Å². The summed E-state index contributed by atoms with van der Waals surface area (Å²) in [5.74, 6) is 0. The molecule has 2 aromatic heterocycles. The Morgan fingerprint density at radius 1 is 0.656 bits per heavy atom. The van der Waals surface area contributed by atoms with Gasteiger partial charge >= 0.3 is 0 Å². The maximum Gasteiger partial charge on any atom is 0.266 e. The number of benzene rings is 2. The van der Waals surface area contributed by atoms with E-state index in [9.17, 15) is 19.2 Å². The molecule has 0 fully saturated rings. The molecule has 4 rings (SSSR count). The van der Waals surface area contributed by atoms with Crippen LogP contribution < -0.4 is 22.2 Å². The molecular formula is C26H28N2O4. The number of nitrogens with zero attached hydrogens (tertiary/aromatic N) is 2. The Kier molecular flexibility index (Phi) is 4.88. The first-order chi connectivity index (χ1) is 14.9. The summed E-state index contributed by atoms with van der Waals surface area (Å²) in [6.07, 6.45) is 1.23. The van der Waals surface area contributed by atoms with Gasteiger partial charge in [-0.05, 0) is 55.0 Å². The van der Waals surface area contributed by atoms with Crippen LogP contribution in [-0.2, 0) is 11.0 Å². The average Bonchev–Trinajstić information content (AvgIpc) is 3.16. The molecule has 0 radical (unpaired) electrons. The van der Waals surface area contributed by atoms with Gasteiger partial charge in [0.1, 0.15) is 0 Å². The third kappa shape index (κ3) is 3.00. The van der Waals surface area contributed by atoms with E-state index in [4.69, 9.17) is 0 Å². The Hall–Kier alpha value is -3.28. The van der Waals surface area contributed by atoms with Crippen LogP contribution in [-0.4, -0.2) is 9.13 Å². The fourth-order valence-electron chi connectivity index (χ4n) is 4.38. The number of hydrogen-bond donors (Lipinski definition) is 0. The Balaban J connectivity index is 2.00. The van der Waals surface area contributed by atoms with E-state index >= 15 is 0 Å². The van der Waals surface area contributed by atoms with Crippen LogP contribution in [0.25, 0.3) is 27.2 Å². The molecule has 0 saturated heterocycles. The molecule has 6 heteroatoms. The summed E-state index contributed by atoms with van der Waals surface area (Å²) in [7, 11) is 0. The fraction of sp³-hybridized carbons (Fsp3) is 0.385. The highest BCUT2D eigenvalue weighted by molar-refractivity contribution is 5.98. The predicted molar refractivity (Wildman–Crippen MR) is 129 cm³/mol. The minimum absolute atomic E-state index is 0.0562. The molecule has 0 amide bonds. The zero-order valence-electron chi connectivity index (χ0n) is 19.4. The molecule has 6 nitrogen and oxygen atoms in total. The highest BCUT2D eigenvalue weighted by Crippen LogP contribution is 2.25. The molecule has 2 heterocycles. The van der Waals surface area contributed by atoms with Gasteiger partial charge in [-0.2, -0.15) is 0 Å². The molecule has 0 unspecified atom stereocenters.